The van der Waals surface area contributed by atoms with Crippen LogP contribution in [0.1, 0.15) is 18.9 Å². The van der Waals surface area contributed by atoms with Crippen LogP contribution in [-0.2, 0) is 10.0 Å². The molecule has 0 aromatic heterocycles. The summed E-state index contributed by atoms with van der Waals surface area (Å²) in [5.74, 6) is 0. The summed E-state index contributed by atoms with van der Waals surface area (Å²) in [6.07, 6.45) is 0.784. The van der Waals surface area contributed by atoms with Crippen molar-refractivity contribution in [3.8, 4) is 0 Å². The third-order valence-corrected chi connectivity index (χ3v) is 6.05. The van der Waals surface area contributed by atoms with Crippen molar-refractivity contribution in [3.63, 3.8) is 0 Å². The molecule has 6 heteroatoms. The molecular formula is C13H19ClN2O2S. The summed E-state index contributed by atoms with van der Waals surface area (Å²) in [5, 5.41) is 0.279. The monoisotopic (exact) mass is 302 g/mol. The van der Waals surface area contributed by atoms with E-state index >= 15 is 0 Å². The highest BCUT2D eigenvalue weighted by molar-refractivity contribution is 7.89. The first-order valence-corrected chi connectivity index (χ1v) is 8.07. The third-order valence-electron chi connectivity index (χ3n) is 3.72. The van der Waals surface area contributed by atoms with E-state index in [0.717, 1.165) is 12.0 Å². The maximum absolute atomic E-state index is 12.6. The number of sulfonamides is 1. The summed E-state index contributed by atoms with van der Waals surface area (Å²) in [6, 6.07) is 5.01. The fourth-order valence-corrected chi connectivity index (χ4v) is 4.47. The van der Waals surface area contributed by atoms with Gasteiger partial charge in [-0.1, -0.05) is 24.6 Å². The van der Waals surface area contributed by atoms with Crippen LogP contribution >= 0.6 is 11.6 Å². The lowest BCUT2D eigenvalue weighted by Gasteiger charge is -2.22. The molecule has 0 bridgehead atoms. The molecule has 0 aliphatic carbocycles. The molecule has 1 saturated heterocycles. The molecule has 1 heterocycles. The molecule has 2 N–H and O–H groups in total. The highest BCUT2D eigenvalue weighted by Gasteiger charge is 2.39. The van der Waals surface area contributed by atoms with E-state index < -0.39 is 10.0 Å². The molecule has 0 radical (unpaired) electrons. The SMILES string of the molecule is Cc1ccc(S(=O)(=O)N2CCC(C)(CN)C2)c(Cl)c1. The smallest absolute Gasteiger partial charge is 0.244 e. The van der Waals surface area contributed by atoms with Crippen LogP contribution in [0.5, 0.6) is 0 Å². The van der Waals surface area contributed by atoms with Crippen LogP contribution in [0.3, 0.4) is 0 Å². The van der Waals surface area contributed by atoms with E-state index in [4.69, 9.17) is 17.3 Å². The van der Waals surface area contributed by atoms with Crippen molar-refractivity contribution in [2.75, 3.05) is 19.6 Å². The number of nitrogens with two attached hydrogens (primary N) is 1. The van der Waals surface area contributed by atoms with Crippen molar-refractivity contribution in [1.82, 2.24) is 4.31 Å². The third kappa shape index (κ3) is 2.79. The maximum Gasteiger partial charge on any atom is 0.244 e. The summed E-state index contributed by atoms with van der Waals surface area (Å²) in [6.45, 7) is 5.33. The Balaban J connectivity index is 2.34. The quantitative estimate of drug-likeness (QED) is 0.929. The average Bonchev–Trinajstić information content (AvgIpc) is 2.73. The van der Waals surface area contributed by atoms with E-state index in [9.17, 15) is 8.42 Å². The van der Waals surface area contributed by atoms with Crippen LogP contribution in [0, 0.1) is 12.3 Å². The van der Waals surface area contributed by atoms with Gasteiger partial charge in [0.2, 0.25) is 10.0 Å². The number of hydrogen-bond acceptors (Lipinski definition) is 3. The Kier molecular flexibility index (Phi) is 3.93. The second-order valence-electron chi connectivity index (χ2n) is 5.54. The van der Waals surface area contributed by atoms with Crippen molar-refractivity contribution < 1.29 is 8.42 Å². The number of rotatable bonds is 3. The molecule has 1 aliphatic heterocycles. The van der Waals surface area contributed by atoms with Crippen LogP contribution < -0.4 is 5.73 Å². The van der Waals surface area contributed by atoms with E-state index in [2.05, 4.69) is 0 Å². The zero-order chi connectivity index (χ0) is 14.3. The molecule has 0 spiro atoms. The number of aryl methyl sites for hydroxylation is 1. The molecule has 1 aliphatic rings. The number of hydrogen-bond donors (Lipinski definition) is 1. The highest BCUT2D eigenvalue weighted by Crippen LogP contribution is 2.34. The molecule has 1 aromatic carbocycles. The molecule has 1 fully saturated rings. The van der Waals surface area contributed by atoms with Gasteiger partial charge in [0.15, 0.2) is 0 Å². The first-order valence-electron chi connectivity index (χ1n) is 6.25. The van der Waals surface area contributed by atoms with Gasteiger partial charge >= 0.3 is 0 Å². The second kappa shape index (κ2) is 5.05. The largest absolute Gasteiger partial charge is 0.330 e. The average molecular weight is 303 g/mol. The Labute approximate surface area is 119 Å². The lowest BCUT2D eigenvalue weighted by molar-refractivity contribution is 0.349. The van der Waals surface area contributed by atoms with E-state index in [1.54, 1.807) is 18.2 Å². The molecule has 19 heavy (non-hydrogen) atoms. The Morgan fingerprint density at radius 2 is 2.16 bits per heavy atom. The molecule has 0 saturated carbocycles. The summed E-state index contributed by atoms with van der Waals surface area (Å²) in [7, 11) is -3.52. The second-order valence-corrected chi connectivity index (χ2v) is 7.85. The van der Waals surface area contributed by atoms with Crippen molar-refractivity contribution >= 4 is 21.6 Å². The lowest BCUT2D eigenvalue weighted by atomic mass is 9.90. The Bertz CT molecular complexity index is 588. The molecule has 1 atom stereocenters. The van der Waals surface area contributed by atoms with Crippen LogP contribution in [0.25, 0.3) is 0 Å². The van der Waals surface area contributed by atoms with Gasteiger partial charge in [0.05, 0.1) is 5.02 Å². The maximum atomic E-state index is 12.6. The molecule has 4 nitrogen and oxygen atoms in total. The van der Waals surface area contributed by atoms with E-state index in [1.165, 1.54) is 4.31 Å². The van der Waals surface area contributed by atoms with Crippen LogP contribution in [0.15, 0.2) is 23.1 Å². The molecule has 0 amide bonds. The van der Waals surface area contributed by atoms with Crippen LogP contribution in [-0.4, -0.2) is 32.4 Å². The van der Waals surface area contributed by atoms with Crippen LogP contribution in [0.4, 0.5) is 0 Å². The lowest BCUT2D eigenvalue weighted by Crippen LogP contribution is -2.34. The highest BCUT2D eigenvalue weighted by atomic mass is 35.5. The van der Waals surface area contributed by atoms with Gasteiger partial charge in [-0.3, -0.25) is 0 Å². The van der Waals surface area contributed by atoms with Crippen LogP contribution in [0.2, 0.25) is 5.02 Å². The van der Waals surface area contributed by atoms with Gasteiger partial charge in [-0.2, -0.15) is 4.31 Å². The minimum absolute atomic E-state index is 0.135. The van der Waals surface area contributed by atoms with E-state index in [1.807, 2.05) is 13.8 Å². The van der Waals surface area contributed by atoms with Crippen molar-refractivity contribution in [3.05, 3.63) is 28.8 Å². The zero-order valence-electron chi connectivity index (χ0n) is 11.2. The fourth-order valence-electron chi connectivity index (χ4n) is 2.30. The predicted octanol–water partition coefficient (Wildman–Crippen LogP) is 2.01. The Morgan fingerprint density at radius 3 is 2.68 bits per heavy atom. The minimum Gasteiger partial charge on any atom is -0.330 e. The van der Waals surface area contributed by atoms with Gasteiger partial charge in [-0.25, -0.2) is 8.42 Å². The Morgan fingerprint density at radius 1 is 1.47 bits per heavy atom. The van der Waals surface area contributed by atoms with Crippen molar-refractivity contribution in [1.29, 1.82) is 0 Å². The molecular weight excluding hydrogens is 284 g/mol. The van der Waals surface area contributed by atoms with E-state index in [-0.39, 0.29) is 15.3 Å². The number of halogens is 1. The number of nitrogens with zero attached hydrogens (tertiary/aromatic N) is 1. The summed E-state index contributed by atoms with van der Waals surface area (Å²) < 4.78 is 26.6. The van der Waals surface area contributed by atoms with Gasteiger partial charge in [0.25, 0.3) is 0 Å². The first-order chi connectivity index (χ1) is 8.78. The van der Waals surface area contributed by atoms with Crippen molar-refractivity contribution in [2.45, 2.75) is 25.2 Å². The first kappa shape index (κ1) is 14.8. The van der Waals surface area contributed by atoms with Gasteiger partial charge in [-0.15, -0.1) is 0 Å². The molecule has 2 rings (SSSR count). The van der Waals surface area contributed by atoms with Gasteiger partial charge in [0.1, 0.15) is 4.90 Å². The number of benzene rings is 1. The van der Waals surface area contributed by atoms with Gasteiger partial charge < -0.3 is 5.73 Å². The normalized spacial score (nSPS) is 24.8. The van der Waals surface area contributed by atoms with Gasteiger partial charge in [-0.05, 0) is 43.0 Å². The van der Waals surface area contributed by atoms with Crippen molar-refractivity contribution in [2.24, 2.45) is 11.1 Å². The molecule has 1 aromatic rings. The van der Waals surface area contributed by atoms with E-state index in [0.29, 0.717) is 19.6 Å². The summed E-state index contributed by atoms with van der Waals surface area (Å²) in [4.78, 5) is 0.182. The zero-order valence-corrected chi connectivity index (χ0v) is 12.8. The topological polar surface area (TPSA) is 63.4 Å². The molecule has 106 valence electrons. The minimum atomic E-state index is -3.52. The summed E-state index contributed by atoms with van der Waals surface area (Å²) >= 11 is 6.07. The summed E-state index contributed by atoms with van der Waals surface area (Å²) in [5.41, 5.74) is 6.52. The fraction of sp³-hybridized carbons (Fsp3) is 0.538. The Hall–Kier alpha value is -0.620. The standard InChI is InChI=1S/C13H19ClN2O2S/c1-10-3-4-12(11(14)7-10)19(17,18)16-6-5-13(2,8-15)9-16/h3-4,7H,5-6,8-9,15H2,1-2H3. The predicted molar refractivity (Wildman–Crippen MR) is 76.7 cm³/mol. The molecule has 1 unspecified atom stereocenters. The van der Waals surface area contributed by atoms with Gasteiger partial charge in [0, 0.05) is 13.1 Å².